The molecular formula is C45H42N2. The van der Waals surface area contributed by atoms with Crippen molar-refractivity contribution < 1.29 is 0 Å². The van der Waals surface area contributed by atoms with Gasteiger partial charge in [0.25, 0.3) is 0 Å². The Morgan fingerprint density at radius 2 is 1.17 bits per heavy atom. The second-order valence-corrected chi connectivity index (χ2v) is 15.1. The van der Waals surface area contributed by atoms with Crippen LogP contribution in [0.4, 0.5) is 0 Å². The molecule has 3 aromatic carbocycles. The fraction of sp³-hybridized carbons (Fsp3) is 0.289. The average molecular weight is 611 g/mol. The number of hydrogen-bond acceptors (Lipinski definition) is 2. The highest BCUT2D eigenvalue weighted by Crippen LogP contribution is 2.55. The predicted octanol–water partition coefficient (Wildman–Crippen LogP) is 11.6. The smallest absolute Gasteiger partial charge is 0.0753 e. The summed E-state index contributed by atoms with van der Waals surface area (Å²) in [7, 11) is 0. The molecule has 9 rings (SSSR count). The van der Waals surface area contributed by atoms with Gasteiger partial charge in [-0.05, 0) is 88.9 Å². The summed E-state index contributed by atoms with van der Waals surface area (Å²) in [6.45, 7) is 14.1. The molecule has 4 aliphatic rings. The van der Waals surface area contributed by atoms with E-state index in [1.807, 2.05) is 0 Å². The Morgan fingerprint density at radius 1 is 0.574 bits per heavy atom. The minimum atomic E-state index is -0.0530. The van der Waals surface area contributed by atoms with E-state index in [1.165, 1.54) is 66.9 Å². The van der Waals surface area contributed by atoms with Crippen LogP contribution in [-0.4, -0.2) is 9.97 Å². The summed E-state index contributed by atoms with van der Waals surface area (Å²) in [5.74, 6) is 0. The van der Waals surface area contributed by atoms with Crippen molar-refractivity contribution in [1.29, 1.82) is 0 Å². The van der Waals surface area contributed by atoms with Crippen LogP contribution in [0.3, 0.4) is 0 Å². The van der Waals surface area contributed by atoms with Crippen LogP contribution in [0.1, 0.15) is 101 Å². The molecule has 2 nitrogen and oxygen atoms in total. The molecule has 0 aliphatic heterocycles. The van der Waals surface area contributed by atoms with E-state index in [0.29, 0.717) is 0 Å². The van der Waals surface area contributed by atoms with Gasteiger partial charge in [-0.3, -0.25) is 0 Å². The normalized spacial score (nSPS) is 18.3. The van der Waals surface area contributed by atoms with Crippen molar-refractivity contribution in [2.75, 3.05) is 0 Å². The molecule has 0 radical (unpaired) electrons. The van der Waals surface area contributed by atoms with Crippen molar-refractivity contribution in [3.63, 3.8) is 0 Å². The number of aromatic nitrogens is 2. The van der Waals surface area contributed by atoms with Crippen LogP contribution in [0.2, 0.25) is 0 Å². The predicted molar refractivity (Wildman–Crippen MR) is 196 cm³/mol. The molecule has 0 spiro atoms. The van der Waals surface area contributed by atoms with Gasteiger partial charge < -0.3 is 0 Å². The Morgan fingerprint density at radius 3 is 1.81 bits per heavy atom. The van der Waals surface area contributed by atoms with Crippen molar-refractivity contribution in [2.24, 2.45) is 0 Å². The number of hydrogen-bond donors (Lipinski definition) is 0. The molecule has 5 aromatic rings. The zero-order chi connectivity index (χ0) is 32.3. The van der Waals surface area contributed by atoms with Crippen LogP contribution in [0.15, 0.2) is 103 Å². The molecule has 0 saturated carbocycles. The quantitative estimate of drug-likeness (QED) is 0.202. The van der Waals surface area contributed by atoms with Crippen molar-refractivity contribution >= 4 is 5.57 Å². The van der Waals surface area contributed by atoms with Crippen LogP contribution in [0, 0.1) is 0 Å². The Kier molecular flexibility index (Phi) is 5.93. The first-order valence-electron chi connectivity index (χ1n) is 17.5. The summed E-state index contributed by atoms with van der Waals surface area (Å²) in [6.07, 6.45) is 8.97. The zero-order valence-corrected chi connectivity index (χ0v) is 28.5. The summed E-state index contributed by atoms with van der Waals surface area (Å²) in [6, 6.07) is 32.1. The summed E-state index contributed by atoms with van der Waals surface area (Å²) in [5.41, 5.74) is 20.6. The fourth-order valence-electron chi connectivity index (χ4n) is 9.56. The van der Waals surface area contributed by atoms with E-state index in [4.69, 9.17) is 9.97 Å². The van der Waals surface area contributed by atoms with E-state index < -0.39 is 0 Å². The van der Waals surface area contributed by atoms with Crippen LogP contribution < -0.4 is 0 Å². The van der Waals surface area contributed by atoms with Gasteiger partial charge >= 0.3 is 0 Å². The zero-order valence-electron chi connectivity index (χ0n) is 28.5. The molecule has 2 aromatic heterocycles. The molecule has 0 fully saturated rings. The first-order valence-corrected chi connectivity index (χ1v) is 17.5. The van der Waals surface area contributed by atoms with Crippen molar-refractivity contribution in [3.05, 3.63) is 136 Å². The van der Waals surface area contributed by atoms with Crippen LogP contribution >= 0.6 is 0 Å². The SMILES string of the molecule is CCC1(CC)c2cc(-c3ccc4c(n3)C3=C(CCC=C3)C4(C)C)ccc2-c2ccc(-c3ccc4c(n3)-c3ccccc3C4(C)C)cc21. The summed E-state index contributed by atoms with van der Waals surface area (Å²) in [5, 5.41) is 0. The minimum absolute atomic E-state index is 0.0372. The highest BCUT2D eigenvalue weighted by Gasteiger charge is 2.42. The number of rotatable bonds is 4. The van der Waals surface area contributed by atoms with E-state index >= 15 is 0 Å². The second-order valence-electron chi connectivity index (χ2n) is 15.1. The molecule has 47 heavy (non-hydrogen) atoms. The summed E-state index contributed by atoms with van der Waals surface area (Å²) >= 11 is 0. The Bertz CT molecular complexity index is 2220. The number of allylic oxidation sites excluding steroid dienone is 4. The lowest BCUT2D eigenvalue weighted by atomic mass is 9.73. The Labute approximate surface area is 279 Å². The molecule has 0 N–H and O–H groups in total. The van der Waals surface area contributed by atoms with Gasteiger partial charge in [0.05, 0.1) is 22.8 Å². The lowest BCUT2D eigenvalue weighted by Crippen LogP contribution is -2.23. The molecule has 0 amide bonds. The van der Waals surface area contributed by atoms with Crippen LogP contribution in [0.5, 0.6) is 0 Å². The largest absolute Gasteiger partial charge is 0.247 e. The van der Waals surface area contributed by atoms with Crippen molar-refractivity contribution in [2.45, 2.75) is 83.5 Å². The number of benzene rings is 3. The molecule has 0 unspecified atom stereocenters. The van der Waals surface area contributed by atoms with Gasteiger partial charge in [-0.25, -0.2) is 9.97 Å². The number of pyridine rings is 2. The molecule has 4 aliphatic carbocycles. The Balaban J connectivity index is 1.14. The van der Waals surface area contributed by atoms with Gasteiger partial charge in [-0.15, -0.1) is 0 Å². The van der Waals surface area contributed by atoms with E-state index in [2.05, 4.69) is 139 Å². The highest BCUT2D eigenvalue weighted by molar-refractivity contribution is 5.88. The van der Waals surface area contributed by atoms with Gasteiger partial charge in [0.2, 0.25) is 0 Å². The molecule has 232 valence electrons. The van der Waals surface area contributed by atoms with Crippen LogP contribution in [0.25, 0.3) is 50.5 Å². The molecule has 2 heteroatoms. The molecule has 0 saturated heterocycles. The average Bonchev–Trinajstić information content (AvgIpc) is 3.61. The first-order chi connectivity index (χ1) is 22.7. The van der Waals surface area contributed by atoms with Gasteiger partial charge in [0, 0.05) is 38.5 Å². The third-order valence-electron chi connectivity index (χ3n) is 12.3. The van der Waals surface area contributed by atoms with Gasteiger partial charge in [-0.2, -0.15) is 0 Å². The van der Waals surface area contributed by atoms with Crippen molar-refractivity contribution in [1.82, 2.24) is 9.97 Å². The van der Waals surface area contributed by atoms with E-state index in [0.717, 1.165) is 42.8 Å². The lowest BCUT2D eigenvalue weighted by molar-refractivity contribution is 0.490. The molecule has 0 atom stereocenters. The lowest BCUT2D eigenvalue weighted by Gasteiger charge is -2.30. The molecular weight excluding hydrogens is 569 g/mol. The third kappa shape index (κ3) is 3.73. The van der Waals surface area contributed by atoms with Crippen LogP contribution in [-0.2, 0) is 16.2 Å². The fourth-order valence-corrected chi connectivity index (χ4v) is 9.56. The number of fused-ring (bicyclic) bond motifs is 8. The third-order valence-corrected chi connectivity index (χ3v) is 12.3. The van der Waals surface area contributed by atoms with E-state index in [-0.39, 0.29) is 16.2 Å². The molecule has 2 heterocycles. The maximum atomic E-state index is 5.37. The van der Waals surface area contributed by atoms with Crippen molar-refractivity contribution in [3.8, 4) is 44.9 Å². The summed E-state index contributed by atoms with van der Waals surface area (Å²) in [4.78, 5) is 10.7. The first kappa shape index (κ1) is 28.6. The minimum Gasteiger partial charge on any atom is -0.247 e. The van der Waals surface area contributed by atoms with Gasteiger partial charge in [0.1, 0.15) is 0 Å². The summed E-state index contributed by atoms with van der Waals surface area (Å²) < 4.78 is 0. The number of nitrogens with zero attached hydrogens (tertiary/aromatic N) is 2. The Hall–Kier alpha value is -4.56. The maximum Gasteiger partial charge on any atom is 0.0753 e. The van der Waals surface area contributed by atoms with Gasteiger partial charge in [0.15, 0.2) is 0 Å². The van der Waals surface area contributed by atoms with E-state index in [1.54, 1.807) is 5.57 Å². The second kappa shape index (κ2) is 9.73. The monoisotopic (exact) mass is 610 g/mol. The van der Waals surface area contributed by atoms with E-state index in [9.17, 15) is 0 Å². The maximum absolute atomic E-state index is 5.37. The topological polar surface area (TPSA) is 25.8 Å². The van der Waals surface area contributed by atoms with Gasteiger partial charge in [-0.1, -0.05) is 120 Å². The highest BCUT2D eigenvalue weighted by atomic mass is 14.8. The standard InChI is InChI=1S/C45H42N2/c1-7-45(8-2)37-25-27(39-23-21-35-41(46-39)31-13-9-11-15-33(31)43(35,3)4)17-19-29(37)30-20-18-28(26-38(30)45)40-24-22-36-42(47-40)32-14-10-12-16-34(32)44(36,5)6/h9-11,13-15,17-26H,7-8,12,16H2,1-6H3. The molecule has 0 bridgehead atoms.